The summed E-state index contributed by atoms with van der Waals surface area (Å²) in [4.78, 5) is 8.57. The van der Waals surface area contributed by atoms with Crippen LogP contribution in [0.15, 0.2) is 30.6 Å². The van der Waals surface area contributed by atoms with E-state index in [-0.39, 0.29) is 0 Å². The van der Waals surface area contributed by atoms with Crippen LogP contribution in [0.5, 0.6) is 0 Å². The summed E-state index contributed by atoms with van der Waals surface area (Å²) >= 11 is 0. The molecular formula is C14H18N4. The summed E-state index contributed by atoms with van der Waals surface area (Å²) in [7, 11) is 0. The van der Waals surface area contributed by atoms with Gasteiger partial charge in [0.25, 0.3) is 0 Å². The van der Waals surface area contributed by atoms with Gasteiger partial charge in [-0.05, 0) is 25.0 Å². The van der Waals surface area contributed by atoms with Crippen LogP contribution in [0.3, 0.4) is 0 Å². The lowest BCUT2D eigenvalue weighted by atomic mass is 10.0. The molecule has 94 valence electrons. The van der Waals surface area contributed by atoms with Crippen LogP contribution in [0.4, 0.5) is 5.95 Å². The largest absolute Gasteiger partial charge is 0.353 e. The molecule has 3 N–H and O–H groups in total. The van der Waals surface area contributed by atoms with Crippen LogP contribution in [0.1, 0.15) is 11.1 Å². The molecule has 0 atom stereocenters. The first-order valence-corrected chi connectivity index (χ1v) is 6.04. The molecule has 0 saturated heterocycles. The van der Waals surface area contributed by atoms with Crippen molar-refractivity contribution in [3.63, 3.8) is 0 Å². The van der Waals surface area contributed by atoms with E-state index < -0.39 is 0 Å². The number of nitrogens with one attached hydrogen (secondary N) is 1. The normalized spacial score (nSPS) is 10.4. The van der Waals surface area contributed by atoms with Crippen molar-refractivity contribution < 1.29 is 0 Å². The van der Waals surface area contributed by atoms with Gasteiger partial charge in [-0.25, -0.2) is 9.97 Å². The first-order chi connectivity index (χ1) is 8.70. The molecule has 4 heteroatoms. The number of nitrogens with two attached hydrogens (primary N) is 1. The molecule has 1 aromatic heterocycles. The lowest BCUT2D eigenvalue weighted by Crippen LogP contribution is -2.14. The molecule has 0 saturated carbocycles. The number of benzene rings is 1. The highest BCUT2D eigenvalue weighted by atomic mass is 15.1. The smallest absolute Gasteiger partial charge is 0.222 e. The monoisotopic (exact) mass is 242 g/mol. The van der Waals surface area contributed by atoms with Crippen molar-refractivity contribution in [1.29, 1.82) is 0 Å². The molecule has 2 rings (SSSR count). The minimum atomic E-state index is 0.572. The van der Waals surface area contributed by atoms with Crippen LogP contribution in [0, 0.1) is 13.8 Å². The maximum absolute atomic E-state index is 5.42. The topological polar surface area (TPSA) is 63.8 Å². The van der Waals surface area contributed by atoms with Crippen molar-refractivity contribution >= 4 is 5.95 Å². The van der Waals surface area contributed by atoms with Crippen LogP contribution >= 0.6 is 0 Å². The summed E-state index contributed by atoms with van der Waals surface area (Å²) in [5.41, 5.74) is 10.1. The highest BCUT2D eigenvalue weighted by molar-refractivity contribution is 5.66. The fraction of sp³-hybridized carbons (Fsp3) is 0.286. The summed E-state index contributed by atoms with van der Waals surface area (Å²) < 4.78 is 0. The van der Waals surface area contributed by atoms with Crippen LogP contribution < -0.4 is 11.1 Å². The van der Waals surface area contributed by atoms with Gasteiger partial charge in [0.2, 0.25) is 5.95 Å². The Hall–Kier alpha value is -1.94. The molecular weight excluding hydrogens is 224 g/mol. The summed E-state index contributed by atoms with van der Waals surface area (Å²) in [6.45, 7) is 5.43. The fourth-order valence-electron chi connectivity index (χ4n) is 1.79. The Morgan fingerprint density at radius 2 is 1.89 bits per heavy atom. The minimum absolute atomic E-state index is 0.572. The van der Waals surface area contributed by atoms with Crippen molar-refractivity contribution in [3.8, 4) is 11.1 Å². The number of aryl methyl sites for hydroxylation is 2. The van der Waals surface area contributed by atoms with E-state index >= 15 is 0 Å². The van der Waals surface area contributed by atoms with E-state index in [0.29, 0.717) is 19.0 Å². The zero-order chi connectivity index (χ0) is 13.0. The Morgan fingerprint density at radius 1 is 1.17 bits per heavy atom. The van der Waals surface area contributed by atoms with Crippen molar-refractivity contribution in [2.24, 2.45) is 5.73 Å². The summed E-state index contributed by atoms with van der Waals surface area (Å²) in [6.07, 6.45) is 3.68. The SMILES string of the molecule is Cc1ccc(C)c(-c2cnc(NCCN)nc2)c1. The number of rotatable bonds is 4. The number of hydrogen-bond donors (Lipinski definition) is 2. The Morgan fingerprint density at radius 3 is 2.56 bits per heavy atom. The van der Waals surface area contributed by atoms with Crippen molar-refractivity contribution in [1.82, 2.24) is 9.97 Å². The molecule has 0 radical (unpaired) electrons. The van der Waals surface area contributed by atoms with E-state index in [1.807, 2.05) is 12.4 Å². The molecule has 0 unspecified atom stereocenters. The number of aromatic nitrogens is 2. The second-order valence-corrected chi connectivity index (χ2v) is 4.33. The van der Waals surface area contributed by atoms with E-state index in [2.05, 4.69) is 47.3 Å². The third-order valence-electron chi connectivity index (χ3n) is 2.78. The zero-order valence-corrected chi connectivity index (χ0v) is 10.8. The van der Waals surface area contributed by atoms with Crippen molar-refractivity contribution in [2.75, 3.05) is 18.4 Å². The lowest BCUT2D eigenvalue weighted by molar-refractivity contribution is 0.989. The molecule has 1 aromatic carbocycles. The Kier molecular flexibility index (Phi) is 3.89. The van der Waals surface area contributed by atoms with Crippen LogP contribution in [0.25, 0.3) is 11.1 Å². The highest BCUT2D eigenvalue weighted by Gasteiger charge is 2.03. The Balaban J connectivity index is 2.25. The lowest BCUT2D eigenvalue weighted by Gasteiger charge is -2.08. The first-order valence-electron chi connectivity index (χ1n) is 6.04. The van der Waals surface area contributed by atoms with Gasteiger partial charge in [-0.1, -0.05) is 23.8 Å². The Labute approximate surface area is 107 Å². The quantitative estimate of drug-likeness (QED) is 0.862. The Bertz CT molecular complexity index is 520. The van der Waals surface area contributed by atoms with Crippen LogP contribution in [-0.4, -0.2) is 23.1 Å². The van der Waals surface area contributed by atoms with Crippen LogP contribution in [-0.2, 0) is 0 Å². The van der Waals surface area contributed by atoms with E-state index in [4.69, 9.17) is 5.73 Å². The molecule has 0 fully saturated rings. The molecule has 1 heterocycles. The summed E-state index contributed by atoms with van der Waals surface area (Å²) in [6, 6.07) is 6.38. The van der Waals surface area contributed by atoms with E-state index in [0.717, 1.165) is 5.56 Å². The number of hydrogen-bond acceptors (Lipinski definition) is 4. The molecule has 0 bridgehead atoms. The minimum Gasteiger partial charge on any atom is -0.353 e. The average molecular weight is 242 g/mol. The van der Waals surface area contributed by atoms with Gasteiger partial charge in [0, 0.05) is 31.0 Å². The van der Waals surface area contributed by atoms with E-state index in [1.54, 1.807) is 0 Å². The molecule has 0 aliphatic carbocycles. The maximum atomic E-state index is 5.42. The van der Waals surface area contributed by atoms with E-state index in [9.17, 15) is 0 Å². The molecule has 0 aliphatic heterocycles. The second-order valence-electron chi connectivity index (χ2n) is 4.33. The summed E-state index contributed by atoms with van der Waals surface area (Å²) in [5, 5.41) is 3.05. The van der Waals surface area contributed by atoms with Crippen LogP contribution in [0.2, 0.25) is 0 Å². The fourth-order valence-corrected chi connectivity index (χ4v) is 1.79. The average Bonchev–Trinajstić information content (AvgIpc) is 2.40. The molecule has 18 heavy (non-hydrogen) atoms. The highest BCUT2D eigenvalue weighted by Crippen LogP contribution is 2.23. The number of nitrogens with zero attached hydrogens (tertiary/aromatic N) is 2. The summed E-state index contributed by atoms with van der Waals surface area (Å²) in [5.74, 6) is 0.620. The molecule has 0 spiro atoms. The second kappa shape index (κ2) is 5.60. The molecule has 0 amide bonds. The molecule has 4 nitrogen and oxygen atoms in total. The third-order valence-corrected chi connectivity index (χ3v) is 2.78. The van der Waals surface area contributed by atoms with Gasteiger partial charge in [0.15, 0.2) is 0 Å². The van der Waals surface area contributed by atoms with Gasteiger partial charge in [-0.2, -0.15) is 0 Å². The number of anilines is 1. The van der Waals surface area contributed by atoms with Crippen molar-refractivity contribution in [2.45, 2.75) is 13.8 Å². The van der Waals surface area contributed by atoms with Gasteiger partial charge in [-0.3, -0.25) is 0 Å². The standard InChI is InChI=1S/C14H18N4/c1-10-3-4-11(2)13(7-10)12-8-17-14(18-9-12)16-6-5-15/h3-4,7-9H,5-6,15H2,1-2H3,(H,16,17,18). The van der Waals surface area contributed by atoms with E-state index in [1.165, 1.54) is 16.7 Å². The molecule has 0 aliphatic rings. The zero-order valence-electron chi connectivity index (χ0n) is 10.8. The van der Waals surface area contributed by atoms with Crippen molar-refractivity contribution in [3.05, 3.63) is 41.7 Å². The van der Waals surface area contributed by atoms with Gasteiger partial charge < -0.3 is 11.1 Å². The third kappa shape index (κ3) is 2.84. The predicted molar refractivity (Wildman–Crippen MR) is 74.5 cm³/mol. The maximum Gasteiger partial charge on any atom is 0.222 e. The van der Waals surface area contributed by atoms with Gasteiger partial charge in [0.1, 0.15) is 0 Å². The predicted octanol–water partition coefficient (Wildman–Crippen LogP) is 2.13. The van der Waals surface area contributed by atoms with Gasteiger partial charge in [-0.15, -0.1) is 0 Å². The first kappa shape index (κ1) is 12.5. The van der Waals surface area contributed by atoms with Gasteiger partial charge in [0.05, 0.1) is 0 Å². The van der Waals surface area contributed by atoms with Gasteiger partial charge >= 0.3 is 0 Å². The molecule has 2 aromatic rings.